The minimum absolute atomic E-state index is 0.264. The van der Waals surface area contributed by atoms with Gasteiger partial charge in [-0.1, -0.05) is 23.2 Å². The predicted molar refractivity (Wildman–Crippen MR) is 80.0 cm³/mol. The molecule has 0 aromatic heterocycles. The van der Waals surface area contributed by atoms with Gasteiger partial charge < -0.3 is 11.1 Å². The summed E-state index contributed by atoms with van der Waals surface area (Å²) < 4.78 is 0. The monoisotopic (exact) mass is 294 g/mol. The molecule has 5 heteroatoms. The molecule has 2 aromatic rings. The molecule has 2 rings (SSSR count). The zero-order valence-corrected chi connectivity index (χ0v) is 11.7. The molecule has 0 aliphatic rings. The van der Waals surface area contributed by atoms with Gasteiger partial charge in [-0.25, -0.2) is 0 Å². The van der Waals surface area contributed by atoms with Gasteiger partial charge in [0.1, 0.15) is 0 Å². The van der Waals surface area contributed by atoms with Crippen LogP contribution in [0.5, 0.6) is 0 Å². The van der Waals surface area contributed by atoms with E-state index in [0.717, 1.165) is 5.56 Å². The summed E-state index contributed by atoms with van der Waals surface area (Å²) in [6.45, 7) is 1.87. The van der Waals surface area contributed by atoms with Crippen molar-refractivity contribution in [3.63, 3.8) is 0 Å². The third kappa shape index (κ3) is 3.40. The molecule has 0 fully saturated rings. The highest BCUT2D eigenvalue weighted by Crippen LogP contribution is 2.23. The summed E-state index contributed by atoms with van der Waals surface area (Å²) in [7, 11) is 0. The van der Waals surface area contributed by atoms with Crippen LogP contribution in [-0.4, -0.2) is 5.91 Å². The zero-order valence-electron chi connectivity index (χ0n) is 10.2. The minimum atomic E-state index is -0.264. The van der Waals surface area contributed by atoms with E-state index in [-0.39, 0.29) is 5.91 Å². The summed E-state index contributed by atoms with van der Waals surface area (Å²) in [6, 6.07) is 10.1. The van der Waals surface area contributed by atoms with Crippen molar-refractivity contribution in [3.05, 3.63) is 57.6 Å². The maximum atomic E-state index is 12.1. The number of benzene rings is 2. The lowest BCUT2D eigenvalue weighted by Gasteiger charge is -2.09. The molecule has 1 amide bonds. The van der Waals surface area contributed by atoms with Crippen molar-refractivity contribution >= 4 is 40.5 Å². The standard InChI is InChI=1S/C14H12Cl2N2O/c1-8-4-9(6-11(16)5-8)14(19)18-13-3-2-10(15)7-12(13)17/h2-7H,17H2,1H3,(H,18,19). The highest BCUT2D eigenvalue weighted by molar-refractivity contribution is 6.31. The normalized spacial score (nSPS) is 10.3. The number of aryl methyl sites for hydroxylation is 1. The van der Waals surface area contributed by atoms with E-state index in [9.17, 15) is 4.79 Å². The Kier molecular flexibility index (Phi) is 3.98. The first-order valence-electron chi connectivity index (χ1n) is 5.59. The number of amides is 1. The van der Waals surface area contributed by atoms with E-state index < -0.39 is 0 Å². The first-order chi connectivity index (χ1) is 8.95. The van der Waals surface area contributed by atoms with Gasteiger partial charge >= 0.3 is 0 Å². The molecule has 3 nitrogen and oxygen atoms in total. The molecule has 0 spiro atoms. The van der Waals surface area contributed by atoms with Gasteiger partial charge in [-0.05, 0) is 48.9 Å². The zero-order chi connectivity index (χ0) is 14.0. The van der Waals surface area contributed by atoms with Gasteiger partial charge in [0.15, 0.2) is 0 Å². The molecule has 0 aliphatic heterocycles. The van der Waals surface area contributed by atoms with Gasteiger partial charge in [-0.2, -0.15) is 0 Å². The predicted octanol–water partition coefficient (Wildman–Crippen LogP) is 4.14. The molecule has 0 unspecified atom stereocenters. The minimum Gasteiger partial charge on any atom is -0.397 e. The summed E-state index contributed by atoms with van der Waals surface area (Å²) in [5, 5.41) is 3.77. The number of carbonyl (C=O) groups excluding carboxylic acids is 1. The van der Waals surface area contributed by atoms with Gasteiger partial charge in [0.2, 0.25) is 0 Å². The van der Waals surface area contributed by atoms with Gasteiger partial charge in [-0.15, -0.1) is 0 Å². The molecular weight excluding hydrogens is 283 g/mol. The molecule has 98 valence electrons. The highest BCUT2D eigenvalue weighted by atomic mass is 35.5. The van der Waals surface area contributed by atoms with Crippen LogP contribution in [0.4, 0.5) is 11.4 Å². The molecule has 0 atom stereocenters. The lowest BCUT2D eigenvalue weighted by atomic mass is 10.1. The van der Waals surface area contributed by atoms with Crippen LogP contribution in [0.2, 0.25) is 10.0 Å². The largest absolute Gasteiger partial charge is 0.397 e. The molecule has 0 aliphatic carbocycles. The second-order valence-corrected chi connectivity index (χ2v) is 5.08. The van der Waals surface area contributed by atoms with E-state index in [1.807, 2.05) is 6.92 Å². The molecule has 0 radical (unpaired) electrons. The van der Waals surface area contributed by atoms with Crippen molar-refractivity contribution < 1.29 is 4.79 Å². The smallest absolute Gasteiger partial charge is 0.255 e. The Morgan fingerprint density at radius 1 is 1.11 bits per heavy atom. The van der Waals surface area contributed by atoms with E-state index in [2.05, 4.69) is 5.32 Å². The van der Waals surface area contributed by atoms with Gasteiger partial charge in [-0.3, -0.25) is 4.79 Å². The van der Waals surface area contributed by atoms with Gasteiger partial charge in [0.05, 0.1) is 11.4 Å². The van der Waals surface area contributed by atoms with Crippen molar-refractivity contribution in [2.75, 3.05) is 11.1 Å². The number of hydrogen-bond donors (Lipinski definition) is 2. The Morgan fingerprint density at radius 3 is 2.47 bits per heavy atom. The van der Waals surface area contributed by atoms with Crippen molar-refractivity contribution in [1.29, 1.82) is 0 Å². The summed E-state index contributed by atoms with van der Waals surface area (Å²) in [4.78, 5) is 12.1. The molecule has 19 heavy (non-hydrogen) atoms. The Morgan fingerprint density at radius 2 is 1.84 bits per heavy atom. The summed E-state index contributed by atoms with van der Waals surface area (Å²) in [5.41, 5.74) is 8.12. The number of nitrogen functional groups attached to an aromatic ring is 1. The maximum absolute atomic E-state index is 12.1. The number of hydrogen-bond acceptors (Lipinski definition) is 2. The highest BCUT2D eigenvalue weighted by Gasteiger charge is 2.09. The SMILES string of the molecule is Cc1cc(Cl)cc(C(=O)Nc2ccc(Cl)cc2N)c1. The third-order valence-corrected chi connectivity index (χ3v) is 3.02. The van der Waals surface area contributed by atoms with Crippen molar-refractivity contribution in [2.24, 2.45) is 0 Å². The topological polar surface area (TPSA) is 55.1 Å². The Balaban J connectivity index is 2.25. The maximum Gasteiger partial charge on any atom is 0.255 e. The fourth-order valence-corrected chi connectivity index (χ4v) is 2.18. The third-order valence-electron chi connectivity index (χ3n) is 2.57. The van der Waals surface area contributed by atoms with E-state index in [4.69, 9.17) is 28.9 Å². The summed E-state index contributed by atoms with van der Waals surface area (Å²) in [5.74, 6) is -0.264. The average Bonchev–Trinajstić information content (AvgIpc) is 2.31. The lowest BCUT2D eigenvalue weighted by Crippen LogP contribution is -2.13. The quantitative estimate of drug-likeness (QED) is 0.818. The summed E-state index contributed by atoms with van der Waals surface area (Å²) >= 11 is 11.7. The molecular formula is C14H12Cl2N2O. The molecule has 0 saturated heterocycles. The fourth-order valence-electron chi connectivity index (χ4n) is 1.71. The van der Waals surface area contributed by atoms with Crippen LogP contribution >= 0.6 is 23.2 Å². The van der Waals surface area contributed by atoms with Crippen LogP contribution in [0, 0.1) is 6.92 Å². The fraction of sp³-hybridized carbons (Fsp3) is 0.0714. The Labute approximate surface area is 121 Å². The van der Waals surface area contributed by atoms with Crippen LogP contribution in [0.15, 0.2) is 36.4 Å². The first kappa shape index (κ1) is 13.7. The van der Waals surface area contributed by atoms with E-state index in [0.29, 0.717) is 27.0 Å². The van der Waals surface area contributed by atoms with Crippen LogP contribution in [0.1, 0.15) is 15.9 Å². The lowest BCUT2D eigenvalue weighted by molar-refractivity contribution is 0.102. The molecule has 3 N–H and O–H groups in total. The van der Waals surface area contributed by atoms with Crippen molar-refractivity contribution in [3.8, 4) is 0 Å². The number of nitrogens with one attached hydrogen (secondary N) is 1. The second-order valence-electron chi connectivity index (χ2n) is 4.20. The summed E-state index contributed by atoms with van der Waals surface area (Å²) in [6.07, 6.45) is 0. The van der Waals surface area contributed by atoms with Crippen LogP contribution < -0.4 is 11.1 Å². The first-order valence-corrected chi connectivity index (χ1v) is 6.35. The number of rotatable bonds is 2. The van der Waals surface area contributed by atoms with Crippen LogP contribution in [0.3, 0.4) is 0 Å². The number of halogens is 2. The van der Waals surface area contributed by atoms with Crippen molar-refractivity contribution in [1.82, 2.24) is 0 Å². The number of carbonyl (C=O) groups is 1. The van der Waals surface area contributed by atoms with Gasteiger partial charge in [0.25, 0.3) is 5.91 Å². The van der Waals surface area contributed by atoms with E-state index >= 15 is 0 Å². The van der Waals surface area contributed by atoms with Crippen LogP contribution in [-0.2, 0) is 0 Å². The molecule has 0 heterocycles. The average molecular weight is 295 g/mol. The molecule has 2 aromatic carbocycles. The van der Waals surface area contributed by atoms with Crippen LogP contribution in [0.25, 0.3) is 0 Å². The van der Waals surface area contributed by atoms with E-state index in [1.54, 1.807) is 36.4 Å². The second kappa shape index (κ2) is 5.51. The van der Waals surface area contributed by atoms with E-state index in [1.165, 1.54) is 0 Å². The Hall–Kier alpha value is -1.71. The molecule has 0 saturated carbocycles. The number of nitrogens with two attached hydrogens (primary N) is 1. The molecule has 0 bridgehead atoms. The number of anilines is 2. The van der Waals surface area contributed by atoms with Crippen molar-refractivity contribution in [2.45, 2.75) is 6.92 Å². The Bertz CT molecular complexity index is 621. The van der Waals surface area contributed by atoms with Gasteiger partial charge in [0, 0.05) is 15.6 Å².